The number of nitrogens with zero attached hydrogens (tertiary/aromatic N) is 1. The molecule has 0 radical (unpaired) electrons. The highest BCUT2D eigenvalue weighted by Gasteiger charge is 2.39. The molecule has 2 rings (SSSR count). The van der Waals surface area contributed by atoms with E-state index < -0.39 is 29.8 Å². The molecule has 0 fully saturated rings. The van der Waals surface area contributed by atoms with Crippen molar-refractivity contribution in [1.82, 2.24) is 9.88 Å². The lowest BCUT2D eigenvalue weighted by Crippen LogP contribution is -2.46. The first-order valence-electron chi connectivity index (χ1n) is 8.59. The quantitative estimate of drug-likeness (QED) is 0.507. The maximum Gasteiger partial charge on any atom is 0.408 e. The summed E-state index contributed by atoms with van der Waals surface area (Å²) in [4.78, 5) is 37.3. The van der Waals surface area contributed by atoms with Crippen molar-refractivity contribution in [2.45, 2.75) is 33.0 Å². The van der Waals surface area contributed by atoms with Crippen LogP contribution in [0.15, 0.2) is 18.2 Å². The van der Waals surface area contributed by atoms with Gasteiger partial charge in [0.15, 0.2) is 0 Å². The molecule has 0 unspecified atom stereocenters. The number of benzene rings is 1. The zero-order valence-electron chi connectivity index (χ0n) is 16.4. The molecule has 11 heteroatoms. The van der Waals surface area contributed by atoms with Gasteiger partial charge < -0.3 is 15.2 Å². The fourth-order valence-electron chi connectivity index (χ4n) is 2.91. The molecule has 0 aliphatic rings. The summed E-state index contributed by atoms with van der Waals surface area (Å²) in [6.45, 7) is 3.70. The van der Waals surface area contributed by atoms with Gasteiger partial charge in [0.05, 0.1) is 11.3 Å². The summed E-state index contributed by atoms with van der Waals surface area (Å²) in [5.74, 6) is -3.20. The van der Waals surface area contributed by atoms with Gasteiger partial charge in [0.2, 0.25) is 0 Å². The van der Waals surface area contributed by atoms with Gasteiger partial charge in [-0.3, -0.25) is 14.4 Å². The second-order valence-corrected chi connectivity index (χ2v) is 7.54. The van der Waals surface area contributed by atoms with Gasteiger partial charge >= 0.3 is 6.18 Å². The lowest BCUT2D eigenvalue weighted by molar-refractivity contribution is -0.156. The fraction of sp³-hybridized carbons (Fsp3) is 0.316. The van der Waals surface area contributed by atoms with Gasteiger partial charge in [0.25, 0.3) is 17.6 Å². The van der Waals surface area contributed by atoms with Crippen LogP contribution in [-0.2, 0) is 11.8 Å². The number of Topliss-reactive ketones (excluding diaryl/α,β-unsaturated/α-hetero) is 1. The zero-order valence-corrected chi connectivity index (χ0v) is 17.9. The Morgan fingerprint density at radius 3 is 2.10 bits per heavy atom. The highest BCUT2D eigenvalue weighted by Crippen LogP contribution is 2.26. The van der Waals surface area contributed by atoms with Gasteiger partial charge in [0, 0.05) is 28.5 Å². The molecule has 2 amide bonds. The standard InChI is InChI=1S/C19H18Cl2F3N3O3/c1-8-14(17(29)26-13-6-11(20)5-12(21)7-13)9(2)27(4)15(8)16(28)18(30)25-10(3)19(22,23)24/h5-7,10H,1-4H3,(H,25,30)(H,26,29)/t10-/m1/s1. The average Bonchev–Trinajstić information content (AvgIpc) is 2.81. The normalized spacial score (nSPS) is 12.4. The molecular weight excluding hydrogens is 446 g/mol. The summed E-state index contributed by atoms with van der Waals surface area (Å²) in [5.41, 5.74) is 0.727. The van der Waals surface area contributed by atoms with Gasteiger partial charge in [-0.2, -0.15) is 13.2 Å². The summed E-state index contributed by atoms with van der Waals surface area (Å²) >= 11 is 11.8. The van der Waals surface area contributed by atoms with Crippen LogP contribution in [0.3, 0.4) is 0 Å². The predicted molar refractivity (Wildman–Crippen MR) is 107 cm³/mol. The number of ketones is 1. The van der Waals surface area contributed by atoms with E-state index in [1.165, 1.54) is 36.7 Å². The topological polar surface area (TPSA) is 80.2 Å². The minimum Gasteiger partial charge on any atom is -0.344 e. The number of aromatic nitrogens is 1. The average molecular weight is 464 g/mol. The minimum atomic E-state index is -4.70. The Balaban J connectivity index is 2.35. The van der Waals surface area contributed by atoms with Crippen LogP contribution in [0.25, 0.3) is 0 Å². The molecule has 0 bridgehead atoms. The molecule has 2 N–H and O–H groups in total. The van der Waals surface area contributed by atoms with E-state index in [1.54, 1.807) is 12.2 Å². The van der Waals surface area contributed by atoms with Crippen LogP contribution in [0, 0.1) is 13.8 Å². The predicted octanol–water partition coefficient (Wildman–Crippen LogP) is 4.45. The number of rotatable bonds is 5. The van der Waals surface area contributed by atoms with E-state index in [4.69, 9.17) is 23.2 Å². The van der Waals surface area contributed by atoms with Crippen molar-refractivity contribution in [2.24, 2.45) is 7.05 Å². The van der Waals surface area contributed by atoms with E-state index in [1.807, 2.05) is 0 Å². The van der Waals surface area contributed by atoms with Crippen LogP contribution in [0.4, 0.5) is 18.9 Å². The summed E-state index contributed by atoms with van der Waals surface area (Å²) in [6.07, 6.45) is -4.70. The fourth-order valence-corrected chi connectivity index (χ4v) is 3.43. The smallest absolute Gasteiger partial charge is 0.344 e. The zero-order chi connectivity index (χ0) is 23.0. The Hall–Kier alpha value is -2.52. The van der Waals surface area contributed by atoms with Crippen molar-refractivity contribution in [1.29, 1.82) is 0 Å². The van der Waals surface area contributed by atoms with Crippen LogP contribution in [0.5, 0.6) is 0 Å². The van der Waals surface area contributed by atoms with E-state index in [0.29, 0.717) is 21.4 Å². The number of nitrogens with one attached hydrogen (secondary N) is 2. The van der Waals surface area contributed by atoms with Crippen molar-refractivity contribution in [3.05, 3.63) is 50.8 Å². The number of amides is 2. The molecule has 2 aromatic rings. The molecule has 162 valence electrons. The largest absolute Gasteiger partial charge is 0.408 e. The van der Waals surface area contributed by atoms with Gasteiger partial charge in [-0.25, -0.2) is 0 Å². The lowest BCUT2D eigenvalue weighted by atomic mass is 10.1. The SMILES string of the molecule is Cc1c(C(=O)Nc2cc(Cl)cc(Cl)c2)c(C)n(C)c1C(=O)C(=O)N[C@H](C)C(F)(F)F. The maximum atomic E-state index is 12.8. The van der Waals surface area contributed by atoms with Crippen LogP contribution in [0.1, 0.15) is 39.0 Å². The molecular formula is C19H18Cl2F3N3O3. The highest BCUT2D eigenvalue weighted by molar-refractivity contribution is 6.43. The molecule has 0 saturated carbocycles. The molecule has 30 heavy (non-hydrogen) atoms. The summed E-state index contributed by atoms with van der Waals surface area (Å²) in [5, 5.41) is 4.82. The van der Waals surface area contributed by atoms with Crippen molar-refractivity contribution < 1.29 is 27.6 Å². The molecule has 6 nitrogen and oxygen atoms in total. The third-order valence-corrected chi connectivity index (χ3v) is 4.97. The van der Waals surface area contributed by atoms with Crippen molar-refractivity contribution in [3.63, 3.8) is 0 Å². The lowest BCUT2D eigenvalue weighted by Gasteiger charge is -2.16. The van der Waals surface area contributed by atoms with Gasteiger partial charge in [-0.1, -0.05) is 23.2 Å². The van der Waals surface area contributed by atoms with Crippen molar-refractivity contribution in [2.75, 3.05) is 5.32 Å². The van der Waals surface area contributed by atoms with Gasteiger partial charge in [-0.05, 0) is 44.5 Å². The maximum absolute atomic E-state index is 12.8. The first-order chi connectivity index (χ1) is 13.7. The number of halogens is 5. The number of alkyl halides is 3. The molecule has 0 spiro atoms. The van der Waals surface area contributed by atoms with E-state index in [2.05, 4.69) is 5.32 Å². The second kappa shape index (κ2) is 8.69. The number of anilines is 1. The third-order valence-electron chi connectivity index (χ3n) is 4.54. The van der Waals surface area contributed by atoms with Crippen LogP contribution in [0.2, 0.25) is 10.0 Å². The van der Waals surface area contributed by atoms with Crippen LogP contribution >= 0.6 is 23.2 Å². The van der Waals surface area contributed by atoms with Crippen LogP contribution < -0.4 is 10.6 Å². The monoisotopic (exact) mass is 463 g/mol. The molecule has 1 aromatic carbocycles. The van der Waals surface area contributed by atoms with Gasteiger partial charge in [0.1, 0.15) is 6.04 Å². The molecule has 1 atom stereocenters. The Morgan fingerprint density at radius 1 is 1.07 bits per heavy atom. The van der Waals surface area contributed by atoms with E-state index in [9.17, 15) is 27.6 Å². The van der Waals surface area contributed by atoms with Crippen LogP contribution in [-0.4, -0.2) is 34.4 Å². The van der Waals surface area contributed by atoms with Gasteiger partial charge in [-0.15, -0.1) is 0 Å². The Kier molecular flexibility index (Phi) is 6.88. The minimum absolute atomic E-state index is 0.105. The molecule has 1 aromatic heterocycles. The highest BCUT2D eigenvalue weighted by atomic mass is 35.5. The Morgan fingerprint density at radius 2 is 1.60 bits per heavy atom. The van der Waals surface area contributed by atoms with E-state index in [0.717, 1.165) is 6.92 Å². The number of carbonyl (C=O) groups excluding carboxylic acids is 3. The molecule has 0 saturated heterocycles. The third kappa shape index (κ3) is 4.96. The molecule has 1 heterocycles. The van der Waals surface area contributed by atoms with E-state index in [-0.39, 0.29) is 16.8 Å². The first kappa shape index (κ1) is 23.8. The number of carbonyl (C=O) groups is 3. The first-order valence-corrected chi connectivity index (χ1v) is 9.34. The molecule has 0 aliphatic carbocycles. The number of hydrogen-bond donors (Lipinski definition) is 2. The molecule has 0 aliphatic heterocycles. The Labute approximate surface area is 180 Å². The van der Waals surface area contributed by atoms with Crippen molar-refractivity contribution in [3.8, 4) is 0 Å². The van der Waals surface area contributed by atoms with E-state index >= 15 is 0 Å². The van der Waals surface area contributed by atoms with Crippen molar-refractivity contribution >= 4 is 46.5 Å². The number of hydrogen-bond acceptors (Lipinski definition) is 3. The summed E-state index contributed by atoms with van der Waals surface area (Å²) < 4.78 is 39.3. The second-order valence-electron chi connectivity index (χ2n) is 6.67. The summed E-state index contributed by atoms with van der Waals surface area (Å²) in [7, 11) is 1.43. The Bertz CT molecular complexity index is 1010. The summed E-state index contributed by atoms with van der Waals surface area (Å²) in [6, 6.07) is 2.22.